The maximum Gasteiger partial charge on any atom is 0.0535 e. The van der Waals surface area contributed by atoms with Crippen LogP contribution < -0.4 is 0 Å². The average Bonchev–Trinajstić information content (AvgIpc) is 1.65. The molecule has 0 amide bonds. The molecule has 0 aliphatic rings. The Hall–Kier alpha value is 0.544. The van der Waals surface area contributed by atoms with Crippen LogP contribution in [0.4, 0.5) is 0 Å². The fraction of sp³-hybridized carbons (Fsp3) is 1.00. The van der Waals surface area contributed by atoms with Crippen LogP contribution in [0, 0.1) is 0 Å². The number of aliphatic hydroxyl groups is 1. The number of hydrogen-bond donors (Lipinski definition) is 1. The second-order valence-electron chi connectivity index (χ2n) is 1.47. The summed E-state index contributed by atoms with van der Waals surface area (Å²) >= 11 is 0. The summed E-state index contributed by atoms with van der Waals surface area (Å²) in [5, 5.41) is 8.67. The normalized spacial score (nSPS) is 8.57. The molecule has 7 heavy (non-hydrogen) atoms. The Morgan fingerprint density at radius 3 is 1.57 bits per heavy atom. The van der Waals surface area contributed by atoms with Gasteiger partial charge in [-0.3, -0.25) is 0 Å². The summed E-state index contributed by atoms with van der Waals surface area (Å²) in [5.41, 5.74) is 0. The third-order valence-electron chi connectivity index (χ3n) is 0.942. The van der Waals surface area contributed by atoms with Gasteiger partial charge in [-0.1, -0.05) is 13.8 Å². The van der Waals surface area contributed by atoms with Crippen molar-refractivity contribution in [3.63, 3.8) is 0 Å². The van der Waals surface area contributed by atoms with Crippen LogP contribution in [0.5, 0.6) is 0 Å². The summed E-state index contributed by atoms with van der Waals surface area (Å²) < 4.78 is 0. The van der Waals surface area contributed by atoms with Crippen molar-refractivity contribution in [2.24, 2.45) is 0 Å². The molecule has 2 heteroatoms. The van der Waals surface area contributed by atoms with Gasteiger partial charge in [0.1, 0.15) is 0 Å². The number of aliphatic hydroxyl groups excluding tert-OH is 1. The molecule has 0 saturated heterocycles. The number of hydrogen-bond acceptors (Lipinski definition) is 1. The van der Waals surface area contributed by atoms with Gasteiger partial charge in [0.2, 0.25) is 0 Å². The molecule has 0 aromatic carbocycles. The van der Waals surface area contributed by atoms with Crippen molar-refractivity contribution in [3.05, 3.63) is 0 Å². The maximum absolute atomic E-state index is 8.67. The van der Waals surface area contributed by atoms with Crippen LogP contribution >= 0.6 is 0 Å². The minimum atomic E-state index is -0.0648. The zero-order valence-electron chi connectivity index (χ0n) is 4.89. The molecule has 0 atom stereocenters. The van der Waals surface area contributed by atoms with E-state index in [1.807, 2.05) is 13.8 Å². The smallest absolute Gasteiger partial charge is 0.0535 e. The first-order valence-electron chi connectivity index (χ1n) is 2.49. The van der Waals surface area contributed by atoms with Crippen LogP contribution in [0.1, 0.15) is 26.7 Å². The molecule has 1 nitrogen and oxygen atoms in total. The van der Waals surface area contributed by atoms with Gasteiger partial charge in [0.15, 0.2) is 0 Å². The second kappa shape index (κ2) is 6.54. The van der Waals surface area contributed by atoms with Crippen LogP contribution in [-0.2, 0) is 18.6 Å². The maximum atomic E-state index is 8.67. The van der Waals surface area contributed by atoms with Gasteiger partial charge in [0.25, 0.3) is 0 Å². The summed E-state index contributed by atoms with van der Waals surface area (Å²) in [7, 11) is 0. The first-order valence-corrected chi connectivity index (χ1v) is 2.49. The van der Waals surface area contributed by atoms with Gasteiger partial charge in [-0.05, 0) is 12.8 Å². The van der Waals surface area contributed by atoms with Gasteiger partial charge in [-0.25, -0.2) is 0 Å². The molecular formula is C5H12OV. The Morgan fingerprint density at radius 2 is 1.57 bits per heavy atom. The Labute approximate surface area is 57.0 Å². The Bertz CT molecular complexity index is 27.3. The van der Waals surface area contributed by atoms with Crippen molar-refractivity contribution in [1.29, 1.82) is 0 Å². The van der Waals surface area contributed by atoms with Crippen molar-refractivity contribution in [2.75, 3.05) is 0 Å². The molecule has 0 aliphatic heterocycles. The third kappa shape index (κ3) is 6.54. The van der Waals surface area contributed by atoms with E-state index in [-0.39, 0.29) is 24.7 Å². The molecule has 0 aromatic rings. The predicted octanol–water partition coefficient (Wildman–Crippen LogP) is 1.16. The third-order valence-corrected chi connectivity index (χ3v) is 0.942. The van der Waals surface area contributed by atoms with Crippen molar-refractivity contribution >= 4 is 0 Å². The molecule has 0 fully saturated rings. The van der Waals surface area contributed by atoms with Crippen LogP contribution in [0.25, 0.3) is 0 Å². The van der Waals surface area contributed by atoms with Crippen molar-refractivity contribution in [1.82, 2.24) is 0 Å². The minimum Gasteiger partial charge on any atom is -0.393 e. The molecule has 0 saturated carbocycles. The first kappa shape index (κ1) is 10.5. The second-order valence-corrected chi connectivity index (χ2v) is 1.47. The molecule has 0 unspecified atom stereocenters. The zero-order valence-corrected chi connectivity index (χ0v) is 6.28. The van der Waals surface area contributed by atoms with Gasteiger partial charge in [0.05, 0.1) is 6.10 Å². The summed E-state index contributed by atoms with van der Waals surface area (Å²) in [6.45, 7) is 3.96. The molecule has 0 bridgehead atoms. The van der Waals surface area contributed by atoms with Gasteiger partial charge < -0.3 is 5.11 Å². The Balaban J connectivity index is 0. The molecule has 0 rings (SSSR count). The fourth-order valence-corrected chi connectivity index (χ4v) is 0.289. The van der Waals surface area contributed by atoms with Gasteiger partial charge in [0, 0.05) is 18.6 Å². The topological polar surface area (TPSA) is 20.2 Å². The van der Waals surface area contributed by atoms with E-state index < -0.39 is 0 Å². The van der Waals surface area contributed by atoms with Crippen LogP contribution in [0.2, 0.25) is 0 Å². The SMILES string of the molecule is CCC(O)CC.[V]. The summed E-state index contributed by atoms with van der Waals surface area (Å²) in [6, 6.07) is 0. The van der Waals surface area contributed by atoms with E-state index in [0.29, 0.717) is 0 Å². The molecule has 0 aliphatic carbocycles. The van der Waals surface area contributed by atoms with Crippen LogP contribution in [-0.4, -0.2) is 11.2 Å². The standard InChI is InChI=1S/C5H12O.V/c1-3-5(6)4-2;/h5-6H,3-4H2,1-2H3;. The van der Waals surface area contributed by atoms with Crippen LogP contribution in [0.15, 0.2) is 0 Å². The van der Waals surface area contributed by atoms with E-state index in [1.54, 1.807) is 0 Å². The molecular weight excluding hydrogens is 127 g/mol. The van der Waals surface area contributed by atoms with E-state index in [4.69, 9.17) is 5.11 Å². The van der Waals surface area contributed by atoms with Gasteiger partial charge >= 0.3 is 0 Å². The van der Waals surface area contributed by atoms with Crippen molar-refractivity contribution in [2.45, 2.75) is 32.8 Å². The van der Waals surface area contributed by atoms with Crippen molar-refractivity contribution in [3.8, 4) is 0 Å². The monoisotopic (exact) mass is 139 g/mol. The summed E-state index contributed by atoms with van der Waals surface area (Å²) in [4.78, 5) is 0. The zero-order chi connectivity index (χ0) is 4.99. The van der Waals surface area contributed by atoms with Crippen molar-refractivity contribution < 1.29 is 23.7 Å². The molecule has 1 N–H and O–H groups in total. The van der Waals surface area contributed by atoms with E-state index in [2.05, 4.69) is 0 Å². The molecule has 43 valence electrons. The van der Waals surface area contributed by atoms with E-state index in [1.165, 1.54) is 0 Å². The average molecular weight is 139 g/mol. The van der Waals surface area contributed by atoms with E-state index in [0.717, 1.165) is 12.8 Å². The molecule has 0 heterocycles. The van der Waals surface area contributed by atoms with E-state index >= 15 is 0 Å². The predicted molar refractivity (Wildman–Crippen MR) is 26.6 cm³/mol. The Morgan fingerprint density at radius 1 is 1.29 bits per heavy atom. The summed E-state index contributed by atoms with van der Waals surface area (Å²) in [5.74, 6) is 0. The van der Waals surface area contributed by atoms with Gasteiger partial charge in [-0.2, -0.15) is 0 Å². The first-order chi connectivity index (χ1) is 2.81. The quantitative estimate of drug-likeness (QED) is 0.608. The fourth-order valence-electron chi connectivity index (χ4n) is 0.289. The molecule has 0 aromatic heterocycles. The van der Waals surface area contributed by atoms with Crippen LogP contribution in [0.3, 0.4) is 0 Å². The Kier molecular flexibility index (Phi) is 9.83. The largest absolute Gasteiger partial charge is 0.393 e. The van der Waals surface area contributed by atoms with Gasteiger partial charge in [-0.15, -0.1) is 0 Å². The number of rotatable bonds is 2. The molecule has 0 spiro atoms. The summed E-state index contributed by atoms with van der Waals surface area (Å²) in [6.07, 6.45) is 1.71. The molecule has 1 radical (unpaired) electrons. The minimum absolute atomic E-state index is 0. The van der Waals surface area contributed by atoms with E-state index in [9.17, 15) is 0 Å².